The molecule has 4 unspecified atom stereocenters. The third kappa shape index (κ3) is 6.15. The molecular weight excluding hydrogens is 398 g/mol. The molecule has 0 spiro atoms. The molecule has 2 heteroatoms. The van der Waals surface area contributed by atoms with E-state index in [1.807, 2.05) is 0 Å². The van der Waals surface area contributed by atoms with Crippen molar-refractivity contribution in [3.05, 3.63) is 106 Å². The summed E-state index contributed by atoms with van der Waals surface area (Å²) in [6, 6.07) is 28.1. The first-order valence-electron chi connectivity index (χ1n) is 13.4. The molecule has 0 radical (unpaired) electrons. The van der Waals surface area contributed by atoms with Crippen LogP contribution in [0.15, 0.2) is 72.8 Å². The molecule has 3 aromatic carbocycles. The van der Waals surface area contributed by atoms with E-state index in [2.05, 4.69) is 150 Å². The molecule has 0 heterocycles. The van der Waals surface area contributed by atoms with Gasteiger partial charge in [0.05, 0.1) is 0 Å². The molecule has 0 bridgehead atoms. The maximum absolute atomic E-state index is 2.53. The number of rotatable bonds is 10. The van der Waals surface area contributed by atoms with E-state index in [-0.39, 0.29) is 8.18 Å². The van der Waals surface area contributed by atoms with Crippen LogP contribution in [0, 0.1) is 25.7 Å². The number of hydrogen-bond acceptors (Lipinski definition) is 0. The molecule has 0 saturated heterocycles. The van der Waals surface area contributed by atoms with Gasteiger partial charge < -0.3 is 0 Å². The van der Waals surface area contributed by atoms with Crippen LogP contribution in [-0.4, -0.2) is 35.4 Å². The van der Waals surface area contributed by atoms with Crippen LogP contribution in [0.1, 0.15) is 86.8 Å². The van der Waals surface area contributed by atoms with Crippen LogP contribution in [0.2, 0.25) is 0 Å². The molecule has 4 atom stereocenters. The summed E-state index contributed by atoms with van der Waals surface area (Å²) in [7, 11) is 0. The zero-order valence-corrected chi connectivity index (χ0v) is 22.9. The molecule has 0 aliphatic rings. The van der Waals surface area contributed by atoms with Crippen molar-refractivity contribution in [1.29, 1.82) is 0 Å². The van der Waals surface area contributed by atoms with Crippen molar-refractivity contribution in [3.63, 3.8) is 0 Å². The second-order valence-electron chi connectivity index (χ2n) is 11.4. The normalized spacial score (nSPS) is 17.0. The molecule has 170 valence electrons. The van der Waals surface area contributed by atoms with Crippen LogP contribution in [0.4, 0.5) is 0 Å². The topological polar surface area (TPSA) is 0 Å². The summed E-state index contributed by atoms with van der Waals surface area (Å²) in [5.74, 6) is 1.33. The third-order valence-corrected chi connectivity index (χ3v) is 8.42. The van der Waals surface area contributed by atoms with Gasteiger partial charge in [0, 0.05) is 0 Å². The van der Waals surface area contributed by atoms with Crippen LogP contribution in [-0.2, 0) is 8.18 Å². The van der Waals surface area contributed by atoms with Crippen LogP contribution in [0.25, 0.3) is 0 Å². The number of hydrogen-bond donors (Lipinski definition) is 0. The Labute approximate surface area is 227 Å². The Bertz CT molecular complexity index is 970. The molecular formula is C32H40Li2. The SMILES string of the molecule is [Li][C](CC(C)CC)(c1ccc(C)cc1)c1cccc([C]([Li])(CC(C)CC)c2ccc(C)cc2)c1. The zero-order valence-electron chi connectivity index (χ0n) is 22.9. The Kier molecular flexibility index (Phi) is 9.46. The zero-order chi connectivity index (χ0) is 24.9. The first-order chi connectivity index (χ1) is 16.1. The predicted octanol–water partition coefficient (Wildman–Crippen LogP) is 8.00. The molecule has 34 heavy (non-hydrogen) atoms. The first kappa shape index (κ1) is 27.4. The number of benzene rings is 3. The van der Waals surface area contributed by atoms with E-state index in [0.717, 1.165) is 12.8 Å². The summed E-state index contributed by atoms with van der Waals surface area (Å²) in [6.45, 7) is 13.8. The molecule has 0 nitrogen and oxygen atoms in total. The summed E-state index contributed by atoms with van der Waals surface area (Å²) < 4.78 is -0.0204. The van der Waals surface area contributed by atoms with Crippen molar-refractivity contribution in [3.8, 4) is 0 Å². The van der Waals surface area contributed by atoms with Crippen LogP contribution >= 0.6 is 0 Å². The van der Waals surface area contributed by atoms with Gasteiger partial charge in [-0.15, -0.1) is 0 Å². The van der Waals surface area contributed by atoms with E-state index in [9.17, 15) is 0 Å². The van der Waals surface area contributed by atoms with Crippen molar-refractivity contribution >= 4 is 35.4 Å². The molecule has 0 N–H and O–H groups in total. The van der Waals surface area contributed by atoms with Gasteiger partial charge in [0.2, 0.25) is 0 Å². The van der Waals surface area contributed by atoms with E-state index in [4.69, 9.17) is 0 Å². The Balaban J connectivity index is 2.16. The van der Waals surface area contributed by atoms with Gasteiger partial charge in [0.1, 0.15) is 0 Å². The van der Waals surface area contributed by atoms with Crippen LogP contribution in [0.5, 0.6) is 0 Å². The standard InChI is InChI=1S/C32H40.2Li/c1-7-23(3)20-31(27-16-12-25(5)13-17-27)29-10-9-11-30(22-29)32(21-24(4)8-2)28-18-14-26(6)15-19-28;;/h9-19,22-24H,7-8,20-21H2,1-6H3;;. The third-order valence-electron chi connectivity index (χ3n) is 8.42. The summed E-state index contributed by atoms with van der Waals surface area (Å²) in [6.07, 6.45) is 4.72. The van der Waals surface area contributed by atoms with Crippen LogP contribution in [0.3, 0.4) is 0 Å². The van der Waals surface area contributed by atoms with E-state index < -0.39 is 0 Å². The summed E-state index contributed by atoms with van der Waals surface area (Å²) in [5.41, 5.74) is 8.38. The molecule has 0 aliphatic carbocycles. The summed E-state index contributed by atoms with van der Waals surface area (Å²) in [5, 5.41) is 0. The van der Waals surface area contributed by atoms with E-state index in [1.54, 1.807) is 0 Å². The summed E-state index contributed by atoms with van der Waals surface area (Å²) in [4.78, 5) is 0. The first-order valence-corrected chi connectivity index (χ1v) is 13.4. The second kappa shape index (κ2) is 11.7. The quantitative estimate of drug-likeness (QED) is 0.281. The maximum atomic E-state index is 2.53. The Morgan fingerprint density at radius 1 is 0.588 bits per heavy atom. The van der Waals surface area contributed by atoms with E-state index >= 15 is 0 Å². The van der Waals surface area contributed by atoms with Crippen molar-refractivity contribution in [2.75, 3.05) is 0 Å². The van der Waals surface area contributed by atoms with Gasteiger partial charge in [-0.1, -0.05) is 0 Å². The van der Waals surface area contributed by atoms with Gasteiger partial charge in [-0.05, 0) is 0 Å². The monoisotopic (exact) mass is 438 g/mol. The Morgan fingerprint density at radius 2 is 0.941 bits per heavy atom. The predicted molar refractivity (Wildman–Crippen MR) is 150 cm³/mol. The molecule has 3 rings (SSSR count). The fourth-order valence-electron chi connectivity index (χ4n) is 5.54. The fourth-order valence-corrected chi connectivity index (χ4v) is 5.54. The van der Waals surface area contributed by atoms with Crippen molar-refractivity contribution in [1.82, 2.24) is 0 Å². The van der Waals surface area contributed by atoms with E-state index in [1.165, 1.54) is 46.2 Å². The molecule has 3 aromatic rings. The van der Waals surface area contributed by atoms with Crippen LogP contribution < -0.4 is 0 Å². The van der Waals surface area contributed by atoms with Crippen molar-refractivity contribution in [2.45, 2.75) is 75.4 Å². The van der Waals surface area contributed by atoms with E-state index in [0.29, 0.717) is 11.8 Å². The van der Waals surface area contributed by atoms with Crippen molar-refractivity contribution in [2.24, 2.45) is 11.8 Å². The van der Waals surface area contributed by atoms with Gasteiger partial charge in [-0.3, -0.25) is 0 Å². The number of aryl methyl sites for hydroxylation is 2. The molecule has 0 aliphatic heterocycles. The van der Waals surface area contributed by atoms with Crippen molar-refractivity contribution < 1.29 is 0 Å². The average Bonchev–Trinajstić information content (AvgIpc) is 2.84. The van der Waals surface area contributed by atoms with Gasteiger partial charge in [-0.25, -0.2) is 0 Å². The molecule has 0 aromatic heterocycles. The van der Waals surface area contributed by atoms with Gasteiger partial charge in [0.15, 0.2) is 0 Å². The molecule has 0 saturated carbocycles. The molecule has 0 fully saturated rings. The Hall–Kier alpha value is -1.15. The fraction of sp³-hybridized carbons (Fsp3) is 0.438. The minimum absolute atomic E-state index is 0.0102. The Morgan fingerprint density at radius 3 is 1.26 bits per heavy atom. The van der Waals surface area contributed by atoms with Gasteiger partial charge in [-0.2, -0.15) is 0 Å². The van der Waals surface area contributed by atoms with Gasteiger partial charge in [0.25, 0.3) is 0 Å². The average molecular weight is 439 g/mol. The second-order valence-corrected chi connectivity index (χ2v) is 11.4. The molecule has 0 amide bonds. The minimum atomic E-state index is -0.0102. The summed E-state index contributed by atoms with van der Waals surface area (Å²) >= 11 is 4.92. The van der Waals surface area contributed by atoms with Gasteiger partial charge >= 0.3 is 229 Å².